The van der Waals surface area contributed by atoms with Crippen molar-refractivity contribution in [1.82, 2.24) is 14.5 Å². The molecule has 2 atom stereocenters. The molecule has 1 aliphatic carbocycles. The van der Waals surface area contributed by atoms with Crippen molar-refractivity contribution in [2.45, 2.75) is 30.9 Å². The van der Waals surface area contributed by atoms with Gasteiger partial charge in [-0.2, -0.15) is 0 Å². The van der Waals surface area contributed by atoms with E-state index in [4.69, 9.17) is 0 Å². The zero-order chi connectivity index (χ0) is 15.4. The van der Waals surface area contributed by atoms with Gasteiger partial charge >= 0.3 is 0 Å². The van der Waals surface area contributed by atoms with Crippen LogP contribution < -0.4 is 0 Å². The van der Waals surface area contributed by atoms with Crippen LogP contribution in [0.4, 0.5) is 0 Å². The van der Waals surface area contributed by atoms with Crippen LogP contribution in [0.25, 0.3) is 11.3 Å². The summed E-state index contributed by atoms with van der Waals surface area (Å²) >= 11 is 0. The zero-order valence-electron chi connectivity index (χ0n) is 12.7. The van der Waals surface area contributed by atoms with Crippen LogP contribution in [0.2, 0.25) is 0 Å². The molecule has 2 aromatic heterocycles. The van der Waals surface area contributed by atoms with Crippen molar-refractivity contribution >= 4 is 0 Å². The van der Waals surface area contributed by atoms with E-state index in [1.165, 1.54) is 16.7 Å². The van der Waals surface area contributed by atoms with E-state index in [9.17, 15) is 5.11 Å². The van der Waals surface area contributed by atoms with Crippen LogP contribution in [0, 0.1) is 0 Å². The van der Waals surface area contributed by atoms with Crippen LogP contribution in [0.1, 0.15) is 35.6 Å². The number of aromatic nitrogens is 3. The van der Waals surface area contributed by atoms with Gasteiger partial charge in [0.1, 0.15) is 5.60 Å². The number of fused-ring (bicyclic) bond motifs is 4. The predicted octanol–water partition coefficient (Wildman–Crippen LogP) is 3.07. The molecule has 114 valence electrons. The van der Waals surface area contributed by atoms with Crippen molar-refractivity contribution in [3.05, 3.63) is 71.9 Å². The lowest BCUT2D eigenvalue weighted by molar-refractivity contribution is -0.0171. The standard InChI is InChI=1S/C19H17N3O/c23-19(8-3-4-13-7-9-20-10-16(13)19)18-15-6-2-1-5-14(15)17-11-21-12-22(17)18/h1-2,5-7,9-12,18,23H,3-4,8H2/t18-,19+/m0/s1. The monoisotopic (exact) mass is 303 g/mol. The smallest absolute Gasteiger partial charge is 0.116 e. The van der Waals surface area contributed by atoms with Crippen molar-refractivity contribution in [3.8, 4) is 11.3 Å². The molecule has 5 rings (SSSR count). The molecule has 1 N–H and O–H groups in total. The van der Waals surface area contributed by atoms with E-state index in [1.54, 1.807) is 0 Å². The lowest BCUT2D eigenvalue weighted by Crippen LogP contribution is -2.39. The van der Waals surface area contributed by atoms with Crippen LogP contribution in [0.5, 0.6) is 0 Å². The molecular formula is C19H17N3O. The number of imidazole rings is 1. The van der Waals surface area contributed by atoms with E-state index in [2.05, 4.69) is 26.7 Å². The highest BCUT2D eigenvalue weighted by atomic mass is 16.3. The van der Waals surface area contributed by atoms with E-state index in [-0.39, 0.29) is 6.04 Å². The molecule has 0 bridgehead atoms. The first kappa shape index (κ1) is 13.0. The Morgan fingerprint density at radius 3 is 3.00 bits per heavy atom. The summed E-state index contributed by atoms with van der Waals surface area (Å²) in [5.41, 5.74) is 4.65. The van der Waals surface area contributed by atoms with Crippen LogP contribution in [-0.4, -0.2) is 19.6 Å². The summed E-state index contributed by atoms with van der Waals surface area (Å²) in [6, 6.07) is 10.2. The van der Waals surface area contributed by atoms with Crippen molar-refractivity contribution in [2.75, 3.05) is 0 Å². The van der Waals surface area contributed by atoms with Crippen LogP contribution in [-0.2, 0) is 12.0 Å². The molecule has 2 aliphatic rings. The minimum absolute atomic E-state index is 0.139. The molecule has 23 heavy (non-hydrogen) atoms. The predicted molar refractivity (Wildman–Crippen MR) is 86.9 cm³/mol. The molecule has 1 aliphatic heterocycles. The summed E-state index contributed by atoms with van der Waals surface area (Å²) in [5.74, 6) is 0. The highest BCUT2D eigenvalue weighted by molar-refractivity contribution is 5.70. The van der Waals surface area contributed by atoms with Gasteiger partial charge in [0.2, 0.25) is 0 Å². The molecular weight excluding hydrogens is 286 g/mol. The summed E-state index contributed by atoms with van der Waals surface area (Å²) in [5, 5.41) is 11.7. The topological polar surface area (TPSA) is 50.9 Å². The average molecular weight is 303 g/mol. The van der Waals surface area contributed by atoms with Gasteiger partial charge in [-0.1, -0.05) is 24.3 Å². The third kappa shape index (κ3) is 1.64. The largest absolute Gasteiger partial charge is 0.383 e. The van der Waals surface area contributed by atoms with Crippen molar-refractivity contribution in [3.63, 3.8) is 0 Å². The lowest BCUT2D eigenvalue weighted by Gasteiger charge is -2.39. The molecule has 3 heterocycles. The summed E-state index contributed by atoms with van der Waals surface area (Å²) in [6.07, 6.45) is 10.1. The van der Waals surface area contributed by atoms with Crippen molar-refractivity contribution in [2.24, 2.45) is 0 Å². The van der Waals surface area contributed by atoms with Gasteiger partial charge in [-0.3, -0.25) is 4.98 Å². The minimum atomic E-state index is -0.941. The summed E-state index contributed by atoms with van der Waals surface area (Å²) in [7, 11) is 0. The first-order chi connectivity index (χ1) is 11.3. The highest BCUT2D eigenvalue weighted by Crippen LogP contribution is 2.51. The molecule has 0 unspecified atom stereocenters. The molecule has 0 fully saturated rings. The fourth-order valence-corrected chi connectivity index (χ4v) is 4.32. The van der Waals surface area contributed by atoms with Gasteiger partial charge < -0.3 is 9.67 Å². The Morgan fingerprint density at radius 2 is 2.04 bits per heavy atom. The number of hydrogen-bond acceptors (Lipinski definition) is 3. The van der Waals surface area contributed by atoms with Crippen molar-refractivity contribution < 1.29 is 5.11 Å². The zero-order valence-corrected chi connectivity index (χ0v) is 12.7. The fourth-order valence-electron chi connectivity index (χ4n) is 4.32. The normalized spacial score (nSPS) is 24.8. The first-order valence-corrected chi connectivity index (χ1v) is 8.06. The maximum atomic E-state index is 11.7. The van der Waals surface area contributed by atoms with Gasteiger partial charge in [0.25, 0.3) is 0 Å². The molecule has 0 saturated heterocycles. The van der Waals surface area contributed by atoms with E-state index < -0.39 is 5.60 Å². The van der Waals surface area contributed by atoms with Gasteiger partial charge in [0.05, 0.1) is 24.3 Å². The number of hydrogen-bond donors (Lipinski definition) is 1. The molecule has 0 radical (unpaired) electrons. The molecule has 1 aromatic carbocycles. The number of aryl methyl sites for hydroxylation is 1. The Bertz CT molecular complexity index is 901. The second-order valence-corrected chi connectivity index (χ2v) is 6.49. The molecule has 0 saturated carbocycles. The Hall–Kier alpha value is -2.46. The Balaban J connectivity index is 1.77. The van der Waals surface area contributed by atoms with E-state index in [0.29, 0.717) is 0 Å². The number of nitrogens with zero attached hydrogens (tertiary/aromatic N) is 3. The minimum Gasteiger partial charge on any atom is -0.383 e. The number of benzene rings is 1. The number of rotatable bonds is 1. The van der Waals surface area contributed by atoms with Gasteiger partial charge in [-0.05, 0) is 36.5 Å². The maximum Gasteiger partial charge on any atom is 0.116 e. The van der Waals surface area contributed by atoms with E-state index >= 15 is 0 Å². The van der Waals surface area contributed by atoms with Gasteiger partial charge in [0, 0.05) is 23.5 Å². The molecule has 4 heteroatoms. The SMILES string of the molecule is O[C@]1([C@@H]2c3ccccc3-c3cncn32)CCCc2ccncc21. The quantitative estimate of drug-likeness (QED) is 0.751. The van der Waals surface area contributed by atoms with Crippen LogP contribution in [0.3, 0.4) is 0 Å². The second-order valence-electron chi connectivity index (χ2n) is 6.49. The van der Waals surface area contributed by atoms with Crippen molar-refractivity contribution in [1.29, 1.82) is 0 Å². The third-order valence-corrected chi connectivity index (χ3v) is 5.31. The van der Waals surface area contributed by atoms with E-state index in [0.717, 1.165) is 30.5 Å². The highest BCUT2D eigenvalue weighted by Gasteiger charge is 2.47. The van der Waals surface area contributed by atoms with E-state index in [1.807, 2.05) is 43.1 Å². The first-order valence-electron chi connectivity index (χ1n) is 8.06. The number of aliphatic hydroxyl groups is 1. The Kier molecular flexibility index (Phi) is 2.56. The lowest BCUT2D eigenvalue weighted by atomic mass is 9.73. The van der Waals surface area contributed by atoms with Gasteiger partial charge in [-0.25, -0.2) is 4.98 Å². The maximum absolute atomic E-state index is 11.7. The Labute approximate surface area is 134 Å². The van der Waals surface area contributed by atoms with Gasteiger partial charge in [-0.15, -0.1) is 0 Å². The fraction of sp³-hybridized carbons (Fsp3) is 0.263. The van der Waals surface area contributed by atoms with Gasteiger partial charge in [0.15, 0.2) is 0 Å². The van der Waals surface area contributed by atoms with Crippen LogP contribution in [0.15, 0.2) is 55.2 Å². The number of pyridine rings is 1. The molecule has 0 spiro atoms. The summed E-state index contributed by atoms with van der Waals surface area (Å²) in [4.78, 5) is 8.59. The Morgan fingerprint density at radius 1 is 1.13 bits per heavy atom. The summed E-state index contributed by atoms with van der Waals surface area (Å²) < 4.78 is 2.12. The molecule has 0 amide bonds. The summed E-state index contributed by atoms with van der Waals surface area (Å²) in [6.45, 7) is 0. The second kappa shape index (κ2) is 4.52. The molecule has 4 nitrogen and oxygen atoms in total. The third-order valence-electron chi connectivity index (χ3n) is 5.31. The molecule has 3 aromatic rings. The average Bonchev–Trinajstić information content (AvgIpc) is 3.15. The van der Waals surface area contributed by atoms with Crippen LogP contribution >= 0.6 is 0 Å².